The Kier molecular flexibility index (Phi) is 2.38. The van der Waals surface area contributed by atoms with Gasteiger partial charge < -0.3 is 19.6 Å². The maximum absolute atomic E-state index is 10.8. The molecule has 0 unspecified atom stereocenters. The molecule has 1 aliphatic rings. The SMILES string of the molecule is O=C(O)c1cnc(-c2cc(Cl)c3c(c2)OCO3)[nH]1. The highest BCUT2D eigenvalue weighted by molar-refractivity contribution is 6.32. The third-order valence-corrected chi connectivity index (χ3v) is 2.79. The van der Waals surface area contributed by atoms with Crippen LogP contribution in [0.2, 0.25) is 5.02 Å². The van der Waals surface area contributed by atoms with Crippen molar-refractivity contribution in [3.05, 3.63) is 29.0 Å². The minimum Gasteiger partial charge on any atom is -0.477 e. The first-order valence-corrected chi connectivity index (χ1v) is 5.41. The summed E-state index contributed by atoms with van der Waals surface area (Å²) in [6.45, 7) is 0.122. The molecule has 3 rings (SSSR count). The largest absolute Gasteiger partial charge is 0.477 e. The number of hydrogen-bond acceptors (Lipinski definition) is 4. The summed E-state index contributed by atoms with van der Waals surface area (Å²) < 4.78 is 10.4. The summed E-state index contributed by atoms with van der Waals surface area (Å²) in [6.07, 6.45) is 1.25. The standard InChI is InChI=1S/C11H7ClN2O4/c12-6-1-5(2-8-9(6)18-4-17-8)10-13-3-7(14-10)11(15)16/h1-3H,4H2,(H,13,14)(H,15,16). The number of carbonyl (C=O) groups is 1. The number of benzene rings is 1. The Labute approximate surface area is 106 Å². The van der Waals surface area contributed by atoms with Gasteiger partial charge in [-0.05, 0) is 12.1 Å². The number of fused-ring (bicyclic) bond motifs is 1. The summed E-state index contributed by atoms with van der Waals surface area (Å²) in [5.74, 6) is 0.351. The van der Waals surface area contributed by atoms with Crippen LogP contribution in [0.5, 0.6) is 11.5 Å². The molecule has 2 N–H and O–H groups in total. The quantitative estimate of drug-likeness (QED) is 0.870. The lowest BCUT2D eigenvalue weighted by Crippen LogP contribution is -1.95. The second kappa shape index (κ2) is 3.92. The Hall–Kier alpha value is -2.21. The number of hydrogen-bond donors (Lipinski definition) is 2. The summed E-state index contributed by atoms with van der Waals surface area (Å²) in [5.41, 5.74) is 0.649. The zero-order valence-electron chi connectivity index (χ0n) is 8.94. The molecule has 2 aromatic rings. The number of nitrogens with zero attached hydrogens (tertiary/aromatic N) is 1. The number of imidazole rings is 1. The first-order valence-electron chi connectivity index (χ1n) is 5.03. The van der Waals surface area contributed by atoms with E-state index < -0.39 is 5.97 Å². The highest BCUT2D eigenvalue weighted by atomic mass is 35.5. The number of carboxylic acid groups (broad SMARTS) is 1. The normalized spacial score (nSPS) is 12.7. The van der Waals surface area contributed by atoms with E-state index in [-0.39, 0.29) is 12.5 Å². The number of nitrogens with one attached hydrogen (secondary N) is 1. The van der Waals surface area contributed by atoms with Crippen molar-refractivity contribution in [2.45, 2.75) is 0 Å². The molecule has 7 heteroatoms. The summed E-state index contributed by atoms with van der Waals surface area (Å²) in [7, 11) is 0. The second-order valence-electron chi connectivity index (χ2n) is 3.64. The zero-order valence-corrected chi connectivity index (χ0v) is 9.69. The van der Waals surface area contributed by atoms with Crippen molar-refractivity contribution in [3.63, 3.8) is 0 Å². The van der Waals surface area contributed by atoms with Gasteiger partial charge in [0.2, 0.25) is 6.79 Å². The van der Waals surface area contributed by atoms with Gasteiger partial charge in [0.1, 0.15) is 11.5 Å². The van der Waals surface area contributed by atoms with Crippen LogP contribution >= 0.6 is 11.6 Å². The number of ether oxygens (including phenoxy) is 2. The van der Waals surface area contributed by atoms with E-state index in [1.54, 1.807) is 12.1 Å². The van der Waals surface area contributed by atoms with Gasteiger partial charge in [-0.3, -0.25) is 0 Å². The monoisotopic (exact) mass is 266 g/mol. The smallest absolute Gasteiger partial charge is 0.353 e. The van der Waals surface area contributed by atoms with Crippen molar-refractivity contribution in [3.8, 4) is 22.9 Å². The van der Waals surface area contributed by atoms with Crippen LogP contribution in [0.15, 0.2) is 18.3 Å². The minimum atomic E-state index is -1.07. The molecule has 6 nitrogen and oxygen atoms in total. The Morgan fingerprint density at radius 3 is 3.00 bits per heavy atom. The number of aromatic nitrogens is 2. The molecule has 0 atom stereocenters. The molecule has 0 aliphatic carbocycles. The number of halogens is 1. The average molecular weight is 267 g/mol. The molecule has 0 amide bonds. The number of aromatic carboxylic acids is 1. The van der Waals surface area contributed by atoms with Crippen LogP contribution in [0.25, 0.3) is 11.4 Å². The van der Waals surface area contributed by atoms with E-state index in [0.717, 1.165) is 0 Å². The molecule has 2 heterocycles. The molecule has 1 aliphatic heterocycles. The molecule has 18 heavy (non-hydrogen) atoms. The number of H-pyrrole nitrogens is 1. The predicted molar refractivity (Wildman–Crippen MR) is 62.1 cm³/mol. The van der Waals surface area contributed by atoms with E-state index in [9.17, 15) is 4.79 Å². The van der Waals surface area contributed by atoms with Gasteiger partial charge in [-0.25, -0.2) is 9.78 Å². The van der Waals surface area contributed by atoms with Crippen LogP contribution in [0, 0.1) is 0 Å². The molecular weight excluding hydrogens is 260 g/mol. The highest BCUT2D eigenvalue weighted by Crippen LogP contribution is 2.41. The van der Waals surface area contributed by atoms with Gasteiger partial charge in [-0.1, -0.05) is 11.6 Å². The fourth-order valence-corrected chi connectivity index (χ4v) is 1.95. The van der Waals surface area contributed by atoms with Crippen molar-refractivity contribution in [1.82, 2.24) is 9.97 Å². The Morgan fingerprint density at radius 2 is 2.28 bits per heavy atom. The van der Waals surface area contributed by atoms with Gasteiger partial charge in [0, 0.05) is 5.56 Å². The molecule has 0 radical (unpaired) electrons. The van der Waals surface area contributed by atoms with Gasteiger partial charge in [0.05, 0.1) is 11.2 Å². The topological polar surface area (TPSA) is 84.4 Å². The third kappa shape index (κ3) is 1.67. The molecular formula is C11H7ClN2O4. The summed E-state index contributed by atoms with van der Waals surface area (Å²) in [6, 6.07) is 3.33. The second-order valence-corrected chi connectivity index (χ2v) is 4.05. The average Bonchev–Trinajstić information content (AvgIpc) is 2.97. The van der Waals surface area contributed by atoms with Crippen molar-refractivity contribution < 1.29 is 19.4 Å². The molecule has 0 bridgehead atoms. The number of aromatic amines is 1. The number of rotatable bonds is 2. The van der Waals surface area contributed by atoms with Crippen LogP contribution in [0.3, 0.4) is 0 Å². The van der Waals surface area contributed by atoms with Gasteiger partial charge in [0.15, 0.2) is 11.5 Å². The highest BCUT2D eigenvalue weighted by Gasteiger charge is 2.20. The van der Waals surface area contributed by atoms with Crippen LogP contribution in [0.4, 0.5) is 0 Å². The van der Waals surface area contributed by atoms with Crippen LogP contribution < -0.4 is 9.47 Å². The van der Waals surface area contributed by atoms with Gasteiger partial charge in [-0.15, -0.1) is 0 Å². The molecule has 92 valence electrons. The van der Waals surface area contributed by atoms with Crippen LogP contribution in [0.1, 0.15) is 10.5 Å². The van der Waals surface area contributed by atoms with E-state index in [1.807, 2.05) is 0 Å². The lowest BCUT2D eigenvalue weighted by atomic mass is 10.2. The molecule has 0 saturated carbocycles. The van der Waals surface area contributed by atoms with E-state index in [1.165, 1.54) is 6.20 Å². The van der Waals surface area contributed by atoms with E-state index in [4.69, 9.17) is 26.2 Å². The lowest BCUT2D eigenvalue weighted by molar-refractivity contribution is 0.0691. The van der Waals surface area contributed by atoms with Crippen molar-refractivity contribution in [2.75, 3.05) is 6.79 Å². The van der Waals surface area contributed by atoms with Crippen molar-refractivity contribution >= 4 is 17.6 Å². The Bertz CT molecular complexity index is 638. The summed E-state index contributed by atoms with van der Waals surface area (Å²) in [5, 5.41) is 9.21. The molecule has 0 fully saturated rings. The first-order chi connectivity index (χ1) is 8.65. The van der Waals surface area contributed by atoms with Crippen molar-refractivity contribution in [2.24, 2.45) is 0 Å². The zero-order chi connectivity index (χ0) is 12.7. The fourth-order valence-electron chi connectivity index (χ4n) is 1.68. The molecule has 0 saturated heterocycles. The first kappa shape index (κ1) is 10.9. The van der Waals surface area contributed by atoms with Crippen molar-refractivity contribution in [1.29, 1.82) is 0 Å². The predicted octanol–water partition coefficient (Wildman–Crippen LogP) is 2.16. The van der Waals surface area contributed by atoms with Crippen LogP contribution in [-0.4, -0.2) is 27.8 Å². The number of carboxylic acids is 1. The molecule has 1 aromatic carbocycles. The van der Waals surface area contributed by atoms with E-state index in [0.29, 0.717) is 27.9 Å². The maximum atomic E-state index is 10.8. The van der Waals surface area contributed by atoms with Gasteiger partial charge in [-0.2, -0.15) is 0 Å². The Balaban J connectivity index is 2.06. The lowest BCUT2D eigenvalue weighted by Gasteiger charge is -2.02. The summed E-state index contributed by atoms with van der Waals surface area (Å²) in [4.78, 5) is 17.4. The minimum absolute atomic E-state index is 0.0128. The van der Waals surface area contributed by atoms with Gasteiger partial charge >= 0.3 is 5.97 Å². The maximum Gasteiger partial charge on any atom is 0.353 e. The van der Waals surface area contributed by atoms with E-state index >= 15 is 0 Å². The summed E-state index contributed by atoms with van der Waals surface area (Å²) >= 11 is 6.03. The van der Waals surface area contributed by atoms with Gasteiger partial charge in [0.25, 0.3) is 0 Å². The molecule has 0 spiro atoms. The third-order valence-electron chi connectivity index (χ3n) is 2.51. The van der Waals surface area contributed by atoms with Crippen LogP contribution in [-0.2, 0) is 0 Å². The Morgan fingerprint density at radius 1 is 1.44 bits per heavy atom. The van der Waals surface area contributed by atoms with E-state index in [2.05, 4.69) is 9.97 Å². The molecule has 1 aromatic heterocycles. The fraction of sp³-hybridized carbons (Fsp3) is 0.0909.